The Morgan fingerprint density at radius 2 is 1.85 bits per heavy atom. The summed E-state index contributed by atoms with van der Waals surface area (Å²) in [5.74, 6) is -1.31. The van der Waals surface area contributed by atoms with Crippen LogP contribution < -0.4 is 4.90 Å². The highest BCUT2D eigenvalue weighted by Gasteiger charge is 2.35. The second kappa shape index (κ2) is 8.95. The molecule has 2 heterocycles. The summed E-state index contributed by atoms with van der Waals surface area (Å²) < 4.78 is 13.4. The molecular weight excluding hydrogens is 369 g/mol. The smallest absolute Gasteiger partial charge is 0.250 e. The SMILES string of the molecule is O=C(C(c1cccnc1)N(C(=O)CCl)c1ccc(F)cc1)N1CCCCC1. The van der Waals surface area contributed by atoms with Gasteiger partial charge in [0.25, 0.3) is 0 Å². The van der Waals surface area contributed by atoms with Crippen LogP contribution in [0.3, 0.4) is 0 Å². The van der Waals surface area contributed by atoms with Crippen LogP contribution in [0, 0.1) is 5.82 Å². The zero-order valence-corrected chi connectivity index (χ0v) is 15.6. The van der Waals surface area contributed by atoms with Gasteiger partial charge in [0.2, 0.25) is 11.8 Å². The molecule has 0 saturated carbocycles. The average Bonchev–Trinajstić information content (AvgIpc) is 2.73. The van der Waals surface area contributed by atoms with E-state index >= 15 is 0 Å². The highest BCUT2D eigenvalue weighted by molar-refractivity contribution is 6.29. The Hall–Kier alpha value is -2.47. The number of anilines is 1. The first-order valence-corrected chi connectivity index (χ1v) is 9.47. The molecule has 0 radical (unpaired) electrons. The lowest BCUT2D eigenvalue weighted by atomic mass is 10.0. The van der Waals surface area contributed by atoms with Gasteiger partial charge in [-0.3, -0.25) is 19.5 Å². The highest BCUT2D eigenvalue weighted by Crippen LogP contribution is 2.30. The van der Waals surface area contributed by atoms with Crippen molar-refractivity contribution in [3.05, 3.63) is 60.2 Å². The van der Waals surface area contributed by atoms with Gasteiger partial charge in [-0.15, -0.1) is 11.6 Å². The molecule has 1 unspecified atom stereocenters. The molecule has 27 heavy (non-hydrogen) atoms. The van der Waals surface area contributed by atoms with Gasteiger partial charge in [-0.25, -0.2) is 4.39 Å². The van der Waals surface area contributed by atoms with Gasteiger partial charge in [-0.2, -0.15) is 0 Å². The van der Waals surface area contributed by atoms with E-state index < -0.39 is 17.8 Å². The van der Waals surface area contributed by atoms with Crippen LogP contribution in [0.2, 0.25) is 0 Å². The number of likely N-dealkylation sites (tertiary alicyclic amines) is 1. The van der Waals surface area contributed by atoms with Crippen LogP contribution in [0.4, 0.5) is 10.1 Å². The van der Waals surface area contributed by atoms with Crippen LogP contribution in [0.1, 0.15) is 30.9 Å². The first kappa shape index (κ1) is 19.3. The van der Waals surface area contributed by atoms with E-state index in [0.717, 1.165) is 19.3 Å². The maximum Gasteiger partial charge on any atom is 0.250 e. The summed E-state index contributed by atoms with van der Waals surface area (Å²) in [6, 6.07) is 8.07. The number of hydrogen-bond acceptors (Lipinski definition) is 3. The van der Waals surface area contributed by atoms with E-state index in [4.69, 9.17) is 11.6 Å². The van der Waals surface area contributed by atoms with Gasteiger partial charge in [-0.05, 0) is 49.6 Å². The van der Waals surface area contributed by atoms with Gasteiger partial charge in [0.1, 0.15) is 17.7 Å². The minimum absolute atomic E-state index is 0.175. The van der Waals surface area contributed by atoms with Crippen LogP contribution in [0.15, 0.2) is 48.8 Å². The number of amides is 2. The molecule has 1 aliphatic heterocycles. The van der Waals surface area contributed by atoms with E-state index in [1.807, 2.05) is 0 Å². The van der Waals surface area contributed by atoms with Gasteiger partial charge in [-0.1, -0.05) is 6.07 Å². The standard InChI is InChI=1S/C20H21ClFN3O2/c21-13-18(26)25(17-8-6-16(22)7-9-17)19(15-5-4-10-23-14-15)20(27)24-11-2-1-3-12-24/h4-10,14,19H,1-3,11-13H2. The molecule has 7 heteroatoms. The third-order valence-electron chi connectivity index (χ3n) is 4.65. The van der Waals surface area contributed by atoms with Gasteiger partial charge in [0.15, 0.2) is 0 Å². The lowest BCUT2D eigenvalue weighted by Gasteiger charge is -2.36. The summed E-state index contributed by atoms with van der Waals surface area (Å²) in [5, 5.41) is 0. The van der Waals surface area contributed by atoms with E-state index in [2.05, 4.69) is 4.98 Å². The van der Waals surface area contributed by atoms with E-state index in [9.17, 15) is 14.0 Å². The molecule has 1 saturated heterocycles. The van der Waals surface area contributed by atoms with Gasteiger partial charge in [0, 0.05) is 36.7 Å². The summed E-state index contributed by atoms with van der Waals surface area (Å²) in [6.45, 7) is 1.31. The molecular formula is C20H21ClFN3O2. The van der Waals surface area contributed by atoms with Crippen molar-refractivity contribution < 1.29 is 14.0 Å². The molecule has 142 valence electrons. The summed E-state index contributed by atoms with van der Waals surface area (Å²) in [6.07, 6.45) is 6.14. The predicted octanol–water partition coefficient (Wildman–Crippen LogP) is 3.55. The van der Waals surface area contributed by atoms with Gasteiger partial charge < -0.3 is 4.90 Å². The van der Waals surface area contributed by atoms with Gasteiger partial charge >= 0.3 is 0 Å². The number of benzene rings is 1. The number of alkyl halides is 1. The average molecular weight is 390 g/mol. The van der Waals surface area contributed by atoms with E-state index in [-0.39, 0.29) is 11.8 Å². The van der Waals surface area contributed by atoms with Crippen molar-refractivity contribution in [1.29, 1.82) is 0 Å². The Labute approximate surface area is 162 Å². The first-order valence-electron chi connectivity index (χ1n) is 8.94. The van der Waals surface area contributed by atoms with Crippen LogP contribution >= 0.6 is 11.6 Å². The molecule has 0 N–H and O–H groups in total. The molecule has 0 bridgehead atoms. The fourth-order valence-electron chi connectivity index (χ4n) is 3.33. The number of hydrogen-bond donors (Lipinski definition) is 0. The highest BCUT2D eigenvalue weighted by atomic mass is 35.5. The molecule has 5 nitrogen and oxygen atoms in total. The number of carbonyl (C=O) groups excluding carboxylic acids is 2. The first-order chi connectivity index (χ1) is 13.1. The van der Waals surface area contributed by atoms with Crippen molar-refractivity contribution in [2.45, 2.75) is 25.3 Å². The fraction of sp³-hybridized carbons (Fsp3) is 0.350. The topological polar surface area (TPSA) is 53.5 Å². The van der Waals surface area contributed by atoms with Crippen molar-refractivity contribution in [3.8, 4) is 0 Å². The second-order valence-corrected chi connectivity index (χ2v) is 6.72. The summed E-state index contributed by atoms with van der Waals surface area (Å²) in [4.78, 5) is 33.3. The lowest BCUT2D eigenvalue weighted by molar-refractivity contribution is -0.135. The van der Waals surface area contributed by atoms with Crippen LogP contribution in [-0.4, -0.2) is 40.7 Å². The van der Waals surface area contributed by atoms with E-state index in [1.54, 1.807) is 29.4 Å². The number of pyridine rings is 1. The fourth-order valence-corrected chi connectivity index (χ4v) is 3.46. The third kappa shape index (κ3) is 4.45. The Morgan fingerprint density at radius 3 is 2.44 bits per heavy atom. The zero-order chi connectivity index (χ0) is 19.2. The summed E-state index contributed by atoms with van der Waals surface area (Å²) in [5.41, 5.74) is 1.01. The molecule has 1 aromatic carbocycles. The molecule has 2 aromatic rings. The van der Waals surface area contributed by atoms with Crippen molar-refractivity contribution in [1.82, 2.24) is 9.88 Å². The molecule has 0 aliphatic carbocycles. The number of nitrogens with zero attached hydrogens (tertiary/aromatic N) is 3. The quantitative estimate of drug-likeness (QED) is 0.735. The Bertz CT molecular complexity index is 780. The minimum atomic E-state index is -0.895. The molecule has 0 spiro atoms. The van der Waals surface area contributed by atoms with Crippen molar-refractivity contribution in [3.63, 3.8) is 0 Å². The van der Waals surface area contributed by atoms with Crippen molar-refractivity contribution >= 4 is 29.1 Å². The Morgan fingerprint density at radius 1 is 1.15 bits per heavy atom. The second-order valence-electron chi connectivity index (χ2n) is 6.45. The number of carbonyl (C=O) groups is 2. The van der Waals surface area contributed by atoms with Crippen molar-refractivity contribution in [2.24, 2.45) is 0 Å². The third-order valence-corrected chi connectivity index (χ3v) is 4.88. The molecule has 1 aliphatic rings. The molecule has 1 atom stereocenters. The number of piperidine rings is 1. The van der Waals surface area contributed by atoms with Gasteiger partial charge in [0.05, 0.1) is 0 Å². The maximum atomic E-state index is 13.4. The molecule has 3 rings (SSSR count). The number of aromatic nitrogens is 1. The number of rotatable bonds is 5. The number of halogens is 2. The summed E-state index contributed by atoms with van der Waals surface area (Å²) >= 11 is 5.84. The van der Waals surface area contributed by atoms with E-state index in [0.29, 0.717) is 24.3 Å². The predicted molar refractivity (Wildman–Crippen MR) is 102 cm³/mol. The minimum Gasteiger partial charge on any atom is -0.341 e. The normalized spacial score (nSPS) is 15.3. The zero-order valence-electron chi connectivity index (χ0n) is 14.9. The van der Waals surface area contributed by atoms with Crippen LogP contribution in [-0.2, 0) is 9.59 Å². The molecule has 1 fully saturated rings. The largest absolute Gasteiger partial charge is 0.341 e. The molecule has 2 amide bonds. The van der Waals surface area contributed by atoms with E-state index in [1.165, 1.54) is 29.2 Å². The molecule has 1 aromatic heterocycles. The Balaban J connectivity index is 2.06. The monoisotopic (exact) mass is 389 g/mol. The summed E-state index contributed by atoms with van der Waals surface area (Å²) in [7, 11) is 0. The van der Waals surface area contributed by atoms with Crippen molar-refractivity contribution in [2.75, 3.05) is 23.9 Å². The maximum absolute atomic E-state index is 13.4. The lowest BCUT2D eigenvalue weighted by Crippen LogP contribution is -2.47. The van der Waals surface area contributed by atoms with Crippen LogP contribution in [0.25, 0.3) is 0 Å². The van der Waals surface area contributed by atoms with Crippen LogP contribution in [0.5, 0.6) is 0 Å². The Kier molecular flexibility index (Phi) is 6.40.